The molecule has 0 amide bonds. The molecule has 1 rings (SSSR count). The largest absolute Gasteiger partial charge is 0.508 e. The van der Waals surface area contributed by atoms with Gasteiger partial charge in [-0.1, -0.05) is 17.7 Å². The zero-order chi connectivity index (χ0) is 12.0. The zero-order valence-electron chi connectivity index (χ0n) is 10.3. The van der Waals surface area contributed by atoms with E-state index in [1.54, 1.807) is 6.07 Å². The third kappa shape index (κ3) is 4.06. The molecule has 1 aromatic rings. The van der Waals surface area contributed by atoms with E-state index in [1.165, 1.54) is 11.3 Å². The Morgan fingerprint density at radius 2 is 2.19 bits per heavy atom. The maximum atomic E-state index is 9.76. The van der Waals surface area contributed by atoms with E-state index in [4.69, 9.17) is 0 Å². The molecule has 0 aromatic heterocycles. The van der Waals surface area contributed by atoms with Crippen LogP contribution in [0.3, 0.4) is 0 Å². The van der Waals surface area contributed by atoms with Crippen molar-refractivity contribution in [3.63, 3.8) is 0 Å². The zero-order valence-corrected chi connectivity index (χ0v) is 11.1. The van der Waals surface area contributed by atoms with Gasteiger partial charge in [0.1, 0.15) is 5.75 Å². The van der Waals surface area contributed by atoms with Gasteiger partial charge in [0.05, 0.1) is 0 Å². The molecule has 0 aliphatic carbocycles. The second-order valence-electron chi connectivity index (χ2n) is 4.08. The third-order valence-electron chi connectivity index (χ3n) is 2.63. The van der Waals surface area contributed by atoms with Crippen LogP contribution >= 0.6 is 11.8 Å². The maximum Gasteiger partial charge on any atom is 0.120 e. The van der Waals surface area contributed by atoms with Gasteiger partial charge in [-0.25, -0.2) is 0 Å². The Hall–Kier alpha value is -0.670. The summed E-state index contributed by atoms with van der Waals surface area (Å²) < 4.78 is 0. The first-order chi connectivity index (χ1) is 7.65. The first kappa shape index (κ1) is 13.4. The molecule has 0 heterocycles. The summed E-state index contributed by atoms with van der Waals surface area (Å²) in [6, 6.07) is 5.95. The van der Waals surface area contributed by atoms with Crippen LogP contribution in [0.5, 0.6) is 5.75 Å². The fourth-order valence-electron chi connectivity index (χ4n) is 1.67. The molecule has 0 radical (unpaired) electrons. The summed E-state index contributed by atoms with van der Waals surface area (Å²) in [4.78, 5) is 0. The summed E-state index contributed by atoms with van der Waals surface area (Å²) in [5, 5.41) is 13.2. The second kappa shape index (κ2) is 6.81. The highest BCUT2D eigenvalue weighted by atomic mass is 32.2. The quantitative estimate of drug-likeness (QED) is 0.748. The van der Waals surface area contributed by atoms with Crippen LogP contribution in [-0.4, -0.2) is 23.7 Å². The average Bonchev–Trinajstić information content (AvgIpc) is 2.27. The van der Waals surface area contributed by atoms with Gasteiger partial charge in [0, 0.05) is 11.6 Å². The molecule has 1 aromatic carbocycles. The van der Waals surface area contributed by atoms with Crippen LogP contribution in [0, 0.1) is 6.92 Å². The third-order valence-corrected chi connectivity index (χ3v) is 3.32. The summed E-state index contributed by atoms with van der Waals surface area (Å²) in [6.07, 6.45) is 3.29. The van der Waals surface area contributed by atoms with E-state index in [1.807, 2.05) is 30.8 Å². The van der Waals surface area contributed by atoms with Crippen molar-refractivity contribution in [1.82, 2.24) is 5.32 Å². The number of aryl methyl sites for hydroxylation is 1. The number of rotatable bonds is 6. The van der Waals surface area contributed by atoms with E-state index in [-0.39, 0.29) is 6.04 Å². The first-order valence-corrected chi connectivity index (χ1v) is 7.06. The molecular weight excluding hydrogens is 218 g/mol. The van der Waals surface area contributed by atoms with E-state index in [0.717, 1.165) is 18.5 Å². The number of phenols is 1. The molecule has 0 aliphatic heterocycles. The van der Waals surface area contributed by atoms with Crippen molar-refractivity contribution in [2.75, 3.05) is 18.6 Å². The SMILES string of the molecule is CSCCCNC(C)c1cc(C)ccc1O. The van der Waals surface area contributed by atoms with E-state index in [2.05, 4.69) is 18.5 Å². The predicted octanol–water partition coefficient (Wildman–Crippen LogP) is 3.10. The Morgan fingerprint density at radius 1 is 1.44 bits per heavy atom. The van der Waals surface area contributed by atoms with Gasteiger partial charge >= 0.3 is 0 Å². The highest BCUT2D eigenvalue weighted by molar-refractivity contribution is 7.98. The Kier molecular flexibility index (Phi) is 5.71. The van der Waals surface area contributed by atoms with Crippen LogP contribution in [0.15, 0.2) is 18.2 Å². The van der Waals surface area contributed by atoms with E-state index >= 15 is 0 Å². The Morgan fingerprint density at radius 3 is 2.88 bits per heavy atom. The van der Waals surface area contributed by atoms with Crippen molar-refractivity contribution in [2.45, 2.75) is 26.3 Å². The average molecular weight is 239 g/mol. The number of hydrogen-bond acceptors (Lipinski definition) is 3. The monoisotopic (exact) mass is 239 g/mol. The topological polar surface area (TPSA) is 32.3 Å². The molecule has 0 fully saturated rings. The predicted molar refractivity (Wildman–Crippen MR) is 72.3 cm³/mol. The number of hydrogen-bond donors (Lipinski definition) is 2. The molecular formula is C13H21NOS. The summed E-state index contributed by atoms with van der Waals surface area (Å²) in [6.45, 7) is 5.13. The van der Waals surface area contributed by atoms with Gasteiger partial charge in [0.2, 0.25) is 0 Å². The molecule has 90 valence electrons. The summed E-state index contributed by atoms with van der Waals surface area (Å²) in [5.74, 6) is 1.56. The maximum absolute atomic E-state index is 9.76. The van der Waals surface area contributed by atoms with Crippen LogP contribution < -0.4 is 5.32 Å². The number of thioether (sulfide) groups is 1. The molecule has 0 saturated heterocycles. The fourth-order valence-corrected chi connectivity index (χ4v) is 2.10. The molecule has 1 unspecified atom stereocenters. The van der Waals surface area contributed by atoms with Crippen LogP contribution in [-0.2, 0) is 0 Å². The lowest BCUT2D eigenvalue weighted by Gasteiger charge is -2.16. The van der Waals surface area contributed by atoms with Crippen molar-refractivity contribution in [2.24, 2.45) is 0 Å². The number of aromatic hydroxyl groups is 1. The Balaban J connectivity index is 2.51. The van der Waals surface area contributed by atoms with Gasteiger partial charge < -0.3 is 10.4 Å². The lowest BCUT2D eigenvalue weighted by molar-refractivity contribution is 0.452. The molecule has 16 heavy (non-hydrogen) atoms. The minimum Gasteiger partial charge on any atom is -0.508 e. The summed E-state index contributed by atoms with van der Waals surface area (Å²) in [5.41, 5.74) is 2.18. The number of nitrogens with one attached hydrogen (secondary N) is 1. The molecule has 2 nitrogen and oxygen atoms in total. The minimum atomic E-state index is 0.210. The molecule has 0 bridgehead atoms. The van der Waals surface area contributed by atoms with E-state index in [9.17, 15) is 5.11 Å². The van der Waals surface area contributed by atoms with Crippen molar-refractivity contribution < 1.29 is 5.11 Å². The summed E-state index contributed by atoms with van der Waals surface area (Å²) in [7, 11) is 0. The highest BCUT2D eigenvalue weighted by Crippen LogP contribution is 2.24. The number of benzene rings is 1. The van der Waals surface area contributed by atoms with Crippen LogP contribution in [0.25, 0.3) is 0 Å². The number of phenolic OH excluding ortho intramolecular Hbond substituents is 1. The van der Waals surface area contributed by atoms with Gasteiger partial charge in [-0.3, -0.25) is 0 Å². The molecule has 1 atom stereocenters. The van der Waals surface area contributed by atoms with Gasteiger partial charge in [-0.05, 0) is 44.9 Å². The van der Waals surface area contributed by atoms with Crippen LogP contribution in [0.4, 0.5) is 0 Å². The van der Waals surface area contributed by atoms with Crippen molar-refractivity contribution in [3.05, 3.63) is 29.3 Å². The fraction of sp³-hybridized carbons (Fsp3) is 0.538. The first-order valence-electron chi connectivity index (χ1n) is 5.67. The summed E-state index contributed by atoms with van der Waals surface area (Å²) >= 11 is 1.87. The lowest BCUT2D eigenvalue weighted by Crippen LogP contribution is -2.20. The smallest absolute Gasteiger partial charge is 0.120 e. The standard InChI is InChI=1S/C13H21NOS/c1-10-5-6-13(15)12(9-10)11(2)14-7-4-8-16-3/h5-6,9,11,14-15H,4,7-8H2,1-3H3. The van der Waals surface area contributed by atoms with Crippen LogP contribution in [0.1, 0.15) is 30.5 Å². The Bertz CT molecular complexity index is 328. The normalized spacial score (nSPS) is 12.7. The van der Waals surface area contributed by atoms with E-state index in [0.29, 0.717) is 5.75 Å². The molecule has 0 saturated carbocycles. The Labute approximate surface area is 102 Å². The van der Waals surface area contributed by atoms with Gasteiger partial charge in [-0.2, -0.15) is 11.8 Å². The van der Waals surface area contributed by atoms with Crippen molar-refractivity contribution >= 4 is 11.8 Å². The second-order valence-corrected chi connectivity index (χ2v) is 5.07. The van der Waals surface area contributed by atoms with Crippen LogP contribution in [0.2, 0.25) is 0 Å². The van der Waals surface area contributed by atoms with Crippen molar-refractivity contribution in [1.29, 1.82) is 0 Å². The minimum absolute atomic E-state index is 0.210. The van der Waals surface area contributed by atoms with Crippen molar-refractivity contribution in [3.8, 4) is 5.75 Å². The molecule has 3 heteroatoms. The molecule has 0 spiro atoms. The van der Waals surface area contributed by atoms with Gasteiger partial charge in [0.15, 0.2) is 0 Å². The molecule has 2 N–H and O–H groups in total. The van der Waals surface area contributed by atoms with E-state index < -0.39 is 0 Å². The lowest BCUT2D eigenvalue weighted by atomic mass is 10.0. The van der Waals surface area contributed by atoms with Gasteiger partial charge in [0.25, 0.3) is 0 Å². The highest BCUT2D eigenvalue weighted by Gasteiger charge is 2.09. The van der Waals surface area contributed by atoms with Gasteiger partial charge in [-0.15, -0.1) is 0 Å². The molecule has 0 aliphatic rings.